The van der Waals surface area contributed by atoms with Gasteiger partial charge in [0.1, 0.15) is 17.0 Å². The van der Waals surface area contributed by atoms with Gasteiger partial charge in [0.05, 0.1) is 5.02 Å². The highest BCUT2D eigenvalue weighted by atomic mass is 35.5. The zero-order valence-electron chi connectivity index (χ0n) is 13.3. The second-order valence-electron chi connectivity index (χ2n) is 5.80. The van der Waals surface area contributed by atoms with E-state index in [0.29, 0.717) is 28.1 Å². The van der Waals surface area contributed by atoms with Gasteiger partial charge in [0.25, 0.3) is 5.91 Å². The fraction of sp³-hybridized carbons (Fsp3) is 0.412. The number of nitrogens with one attached hydrogen (secondary N) is 1. The van der Waals surface area contributed by atoms with Gasteiger partial charge < -0.3 is 14.7 Å². The van der Waals surface area contributed by atoms with Gasteiger partial charge in [-0.2, -0.15) is 0 Å². The number of hydrogen-bond donors (Lipinski definition) is 1. The summed E-state index contributed by atoms with van der Waals surface area (Å²) in [5, 5.41) is 7.90. The van der Waals surface area contributed by atoms with E-state index in [0.717, 1.165) is 31.5 Å². The third kappa shape index (κ3) is 3.12. The van der Waals surface area contributed by atoms with Crippen LogP contribution in [0.15, 0.2) is 28.8 Å². The Morgan fingerprint density at radius 2 is 2.04 bits per heavy atom. The predicted molar refractivity (Wildman–Crippen MR) is 89.7 cm³/mol. The number of carbonyl (C=O) groups excluding carboxylic acids is 1. The van der Waals surface area contributed by atoms with Crippen molar-refractivity contribution in [3.05, 3.63) is 40.6 Å². The molecule has 1 fully saturated rings. The first-order chi connectivity index (χ1) is 11.1. The molecule has 0 bridgehead atoms. The van der Waals surface area contributed by atoms with Crippen LogP contribution < -0.4 is 5.32 Å². The summed E-state index contributed by atoms with van der Waals surface area (Å²) >= 11 is 6.25. The highest BCUT2D eigenvalue weighted by Crippen LogP contribution is 2.32. The summed E-state index contributed by atoms with van der Waals surface area (Å²) in [5.74, 6) is 0.494. The van der Waals surface area contributed by atoms with Crippen molar-refractivity contribution in [1.82, 2.24) is 15.4 Å². The molecule has 1 aliphatic heterocycles. The third-order valence-corrected chi connectivity index (χ3v) is 4.73. The van der Waals surface area contributed by atoms with Gasteiger partial charge in [-0.15, -0.1) is 0 Å². The summed E-state index contributed by atoms with van der Waals surface area (Å²) in [4.78, 5) is 14.8. The average molecular weight is 334 g/mol. The normalized spacial score (nSPS) is 15.9. The van der Waals surface area contributed by atoms with Crippen LogP contribution in [0.25, 0.3) is 11.3 Å². The maximum absolute atomic E-state index is 12.9. The van der Waals surface area contributed by atoms with Crippen LogP contribution in [0.2, 0.25) is 5.02 Å². The SMILES string of the molecule is CNC1CCN(C(=O)c2c(-c3ccccc3Cl)noc2C)CC1. The molecule has 2 aromatic rings. The molecule has 122 valence electrons. The molecule has 1 saturated heterocycles. The summed E-state index contributed by atoms with van der Waals surface area (Å²) in [5.41, 5.74) is 1.76. The number of likely N-dealkylation sites (tertiary alicyclic amines) is 1. The Hall–Kier alpha value is -1.85. The van der Waals surface area contributed by atoms with Crippen molar-refractivity contribution in [2.45, 2.75) is 25.8 Å². The first-order valence-electron chi connectivity index (χ1n) is 7.79. The highest BCUT2D eigenvalue weighted by Gasteiger charge is 2.29. The number of amides is 1. The van der Waals surface area contributed by atoms with E-state index >= 15 is 0 Å². The molecule has 1 aliphatic rings. The minimum atomic E-state index is -0.0341. The van der Waals surface area contributed by atoms with E-state index in [9.17, 15) is 4.79 Å². The van der Waals surface area contributed by atoms with Gasteiger partial charge in [0.2, 0.25) is 0 Å². The summed E-state index contributed by atoms with van der Waals surface area (Å²) in [6.45, 7) is 3.23. The molecule has 1 aromatic carbocycles. The van der Waals surface area contributed by atoms with Gasteiger partial charge >= 0.3 is 0 Å². The summed E-state index contributed by atoms with van der Waals surface area (Å²) in [6.07, 6.45) is 1.90. The fourth-order valence-electron chi connectivity index (χ4n) is 2.99. The number of benzene rings is 1. The molecule has 5 nitrogen and oxygen atoms in total. The van der Waals surface area contributed by atoms with E-state index in [1.165, 1.54) is 0 Å². The van der Waals surface area contributed by atoms with Crippen LogP contribution in [0.1, 0.15) is 29.0 Å². The van der Waals surface area contributed by atoms with Crippen molar-refractivity contribution in [3.8, 4) is 11.3 Å². The Morgan fingerprint density at radius 3 is 2.70 bits per heavy atom. The molecule has 1 amide bonds. The molecule has 1 aromatic heterocycles. The maximum atomic E-state index is 12.9. The molecular formula is C17H20ClN3O2. The van der Waals surface area contributed by atoms with Gasteiger partial charge in [-0.3, -0.25) is 4.79 Å². The largest absolute Gasteiger partial charge is 0.360 e. The van der Waals surface area contributed by atoms with E-state index in [1.54, 1.807) is 13.0 Å². The molecule has 6 heteroatoms. The van der Waals surface area contributed by atoms with Crippen LogP contribution in [0.4, 0.5) is 0 Å². The van der Waals surface area contributed by atoms with E-state index in [2.05, 4.69) is 10.5 Å². The lowest BCUT2D eigenvalue weighted by Crippen LogP contribution is -2.44. The molecule has 2 heterocycles. The van der Waals surface area contributed by atoms with E-state index in [1.807, 2.05) is 30.1 Å². The number of piperidine rings is 1. The lowest BCUT2D eigenvalue weighted by molar-refractivity contribution is 0.0706. The average Bonchev–Trinajstić information content (AvgIpc) is 2.96. The first-order valence-corrected chi connectivity index (χ1v) is 8.17. The van der Waals surface area contributed by atoms with Crippen molar-refractivity contribution in [2.24, 2.45) is 0 Å². The third-order valence-electron chi connectivity index (χ3n) is 4.40. The van der Waals surface area contributed by atoms with Crippen LogP contribution in [-0.2, 0) is 0 Å². The van der Waals surface area contributed by atoms with Gasteiger partial charge in [-0.05, 0) is 32.9 Å². The Bertz CT molecular complexity index is 706. The second-order valence-corrected chi connectivity index (χ2v) is 6.20. The molecule has 0 atom stereocenters. The maximum Gasteiger partial charge on any atom is 0.259 e. The highest BCUT2D eigenvalue weighted by molar-refractivity contribution is 6.33. The molecule has 0 unspecified atom stereocenters. The zero-order valence-corrected chi connectivity index (χ0v) is 14.1. The second kappa shape index (κ2) is 6.72. The number of hydrogen-bond acceptors (Lipinski definition) is 4. The summed E-state index contributed by atoms with van der Waals surface area (Å²) in [6, 6.07) is 7.84. The number of carbonyl (C=O) groups is 1. The van der Waals surface area contributed by atoms with Crippen molar-refractivity contribution >= 4 is 17.5 Å². The molecule has 0 spiro atoms. The Balaban J connectivity index is 1.90. The summed E-state index contributed by atoms with van der Waals surface area (Å²) < 4.78 is 5.29. The quantitative estimate of drug-likeness (QED) is 0.937. The van der Waals surface area contributed by atoms with Crippen LogP contribution in [0.5, 0.6) is 0 Å². The standard InChI is InChI=1S/C17H20ClN3O2/c1-11-15(17(22)21-9-7-12(19-2)8-10-21)16(20-23-11)13-5-3-4-6-14(13)18/h3-6,12,19H,7-10H2,1-2H3. The molecule has 0 aliphatic carbocycles. The monoisotopic (exact) mass is 333 g/mol. The lowest BCUT2D eigenvalue weighted by atomic mass is 10.0. The van der Waals surface area contributed by atoms with Crippen LogP contribution in [0, 0.1) is 6.92 Å². The predicted octanol–water partition coefficient (Wildman–Crippen LogP) is 3.13. The number of aryl methyl sites for hydroxylation is 1. The molecule has 0 radical (unpaired) electrons. The number of rotatable bonds is 3. The molecule has 3 rings (SSSR count). The van der Waals surface area contributed by atoms with Crippen molar-refractivity contribution in [1.29, 1.82) is 0 Å². The topological polar surface area (TPSA) is 58.4 Å². The van der Waals surface area contributed by atoms with Crippen molar-refractivity contribution in [2.75, 3.05) is 20.1 Å². The van der Waals surface area contributed by atoms with Gasteiger partial charge in [-0.1, -0.05) is 35.0 Å². The lowest BCUT2D eigenvalue weighted by Gasteiger charge is -2.31. The smallest absolute Gasteiger partial charge is 0.259 e. The Morgan fingerprint density at radius 1 is 1.35 bits per heavy atom. The number of aromatic nitrogens is 1. The number of nitrogens with zero attached hydrogens (tertiary/aromatic N) is 2. The molecule has 1 N–H and O–H groups in total. The van der Waals surface area contributed by atoms with Gasteiger partial charge in [-0.25, -0.2) is 0 Å². The molecule has 0 saturated carbocycles. The minimum absolute atomic E-state index is 0.0341. The van der Waals surface area contributed by atoms with E-state index in [-0.39, 0.29) is 5.91 Å². The van der Waals surface area contributed by atoms with Crippen LogP contribution in [-0.4, -0.2) is 42.1 Å². The van der Waals surface area contributed by atoms with E-state index in [4.69, 9.17) is 16.1 Å². The zero-order chi connectivity index (χ0) is 16.4. The fourth-order valence-corrected chi connectivity index (χ4v) is 3.22. The Kier molecular flexibility index (Phi) is 4.68. The first kappa shape index (κ1) is 16.0. The Labute approximate surface area is 140 Å². The van der Waals surface area contributed by atoms with E-state index < -0.39 is 0 Å². The number of halogens is 1. The van der Waals surface area contributed by atoms with Gasteiger partial charge in [0, 0.05) is 24.7 Å². The minimum Gasteiger partial charge on any atom is -0.360 e. The van der Waals surface area contributed by atoms with Crippen molar-refractivity contribution in [3.63, 3.8) is 0 Å². The van der Waals surface area contributed by atoms with Crippen molar-refractivity contribution < 1.29 is 9.32 Å². The van der Waals surface area contributed by atoms with Crippen LogP contribution >= 0.6 is 11.6 Å². The molecular weight excluding hydrogens is 314 g/mol. The summed E-state index contributed by atoms with van der Waals surface area (Å²) in [7, 11) is 1.96. The molecule has 23 heavy (non-hydrogen) atoms. The van der Waals surface area contributed by atoms with Gasteiger partial charge in [0.15, 0.2) is 0 Å². The van der Waals surface area contributed by atoms with Crippen LogP contribution in [0.3, 0.4) is 0 Å².